The van der Waals surface area contributed by atoms with Gasteiger partial charge < -0.3 is 98.1 Å². The quantitative estimate of drug-likeness (QED) is 0.0692. The van der Waals surface area contributed by atoms with Crippen molar-refractivity contribution in [3.63, 3.8) is 0 Å². The number of hydrogen-bond donors (Lipinski definition) is 9. The summed E-state index contributed by atoms with van der Waals surface area (Å²) in [5, 5.41) is 99.1. The third-order valence-electron chi connectivity index (χ3n) is 19.5. The van der Waals surface area contributed by atoms with E-state index in [4.69, 9.17) is 52.1 Å². The van der Waals surface area contributed by atoms with Crippen molar-refractivity contribution in [2.24, 2.45) is 39.4 Å². The van der Waals surface area contributed by atoms with E-state index in [0.29, 0.717) is 25.7 Å². The number of aliphatic hydroxyl groups excluding tert-OH is 9. The number of aliphatic hydroxyl groups is 9. The van der Waals surface area contributed by atoms with E-state index in [1.54, 1.807) is 0 Å². The molecule has 5 aliphatic heterocycles. The molecule has 1 spiro atoms. The molecule has 0 unspecified atom stereocenters. The minimum atomic E-state index is -1.87. The number of esters is 2. The van der Waals surface area contributed by atoms with E-state index >= 15 is 0 Å². The van der Waals surface area contributed by atoms with Gasteiger partial charge in [0.25, 0.3) is 0 Å². The number of ether oxygens (including phenoxy) is 11. The van der Waals surface area contributed by atoms with Crippen molar-refractivity contribution in [3.05, 3.63) is 35.5 Å². The second-order valence-electron chi connectivity index (χ2n) is 24.8. The highest BCUT2D eigenvalue weighted by atomic mass is 16.8. The smallest absolute Gasteiger partial charge is 0.314 e. The Morgan fingerprint density at radius 1 is 0.740 bits per heavy atom. The number of carbonyl (C=O) groups is 2. The molecule has 22 nitrogen and oxygen atoms in total. The minimum Gasteiger partial charge on any atom is -0.462 e. The Kier molecular flexibility index (Phi) is 16.9. The first-order valence-electron chi connectivity index (χ1n) is 27.4. The highest BCUT2D eigenvalue weighted by Gasteiger charge is 2.79. The topological polar surface area (TPSA) is 318 Å². The van der Waals surface area contributed by atoms with E-state index in [1.807, 2.05) is 39.0 Å². The van der Waals surface area contributed by atoms with E-state index in [2.05, 4.69) is 33.8 Å². The standard InChI is InChI=1S/C55H84O22/c1-24(2)12-11-17-54(9)45-31(71-26(4)57)20-53(8)28-13-14-33-51(5,6)34(16-18-52(33,7)27(28)15-19-55(45,53)50(66)77-54)73-49-44(35(60)29(58)22-69-49)76-47-38(63)37(62)41(25(3)70-47)74-48-40(65)43(36(61)32(21-56)72-48)75-46-39(64)42(67-10)30(59)23-68-46/h11-13,17,25,27,29-49,56,58-65H,14-16,18-23H2,1-10H3/b17-11-/t25-,27-,29-,30-,31+,32-,33+,34+,35+,36-,37-,38-,39-,40-,41-,42+,43+,44-,45-,46+,47+,48+,49+,52-,53+,54+,55-/m1/s1. The van der Waals surface area contributed by atoms with Crippen LogP contribution in [0.25, 0.3) is 0 Å². The first kappa shape index (κ1) is 59.1. The van der Waals surface area contributed by atoms with Gasteiger partial charge in [-0.3, -0.25) is 9.59 Å². The van der Waals surface area contributed by atoms with Crippen molar-refractivity contribution >= 4 is 11.9 Å². The average Bonchev–Trinajstić information content (AvgIpc) is 3.85. The molecule has 0 aromatic rings. The summed E-state index contributed by atoms with van der Waals surface area (Å²) in [6.07, 6.45) is -16.3. The van der Waals surface area contributed by atoms with Crippen LogP contribution in [0.1, 0.15) is 101 Å². The molecule has 8 fully saturated rings. The minimum absolute atomic E-state index is 0.0676. The zero-order valence-corrected chi connectivity index (χ0v) is 45.8. The van der Waals surface area contributed by atoms with Crippen LogP contribution < -0.4 is 0 Å². The van der Waals surface area contributed by atoms with E-state index < -0.39 is 163 Å². The number of fused-ring (bicyclic) bond motifs is 4. The lowest BCUT2D eigenvalue weighted by Gasteiger charge is -2.63. The van der Waals surface area contributed by atoms with Gasteiger partial charge in [-0.2, -0.15) is 0 Å². The Hall–Kier alpha value is -2.56. The lowest BCUT2D eigenvalue weighted by molar-refractivity contribution is -0.387. The van der Waals surface area contributed by atoms with Crippen LogP contribution in [0.15, 0.2) is 35.5 Å². The van der Waals surface area contributed by atoms with Gasteiger partial charge in [0.15, 0.2) is 25.2 Å². The predicted molar refractivity (Wildman–Crippen MR) is 265 cm³/mol. The number of cyclic esters (lactones) is 1. The molecule has 5 saturated heterocycles. The van der Waals surface area contributed by atoms with Gasteiger partial charge in [-0.15, -0.1) is 0 Å². The Morgan fingerprint density at radius 2 is 1.39 bits per heavy atom. The van der Waals surface area contributed by atoms with Crippen molar-refractivity contribution < 1.29 is 108 Å². The number of rotatable bonds is 13. The summed E-state index contributed by atoms with van der Waals surface area (Å²) in [5.41, 5.74) is -1.02. The monoisotopic (exact) mass is 1100 g/mol. The Balaban J connectivity index is 0.891. The maximum absolute atomic E-state index is 14.6. The molecule has 9 aliphatic rings. The van der Waals surface area contributed by atoms with Crippen LogP contribution >= 0.6 is 0 Å². The molecule has 22 heteroatoms. The maximum atomic E-state index is 14.6. The molecule has 9 rings (SSSR count). The fraction of sp³-hybridized carbons (Fsp3) is 0.855. The van der Waals surface area contributed by atoms with Crippen molar-refractivity contribution in [2.75, 3.05) is 26.9 Å². The highest BCUT2D eigenvalue weighted by Crippen LogP contribution is 2.76. The largest absolute Gasteiger partial charge is 0.462 e. The van der Waals surface area contributed by atoms with E-state index in [9.17, 15) is 55.5 Å². The summed E-state index contributed by atoms with van der Waals surface area (Å²) < 4.78 is 65.9. The van der Waals surface area contributed by atoms with Gasteiger partial charge in [0.2, 0.25) is 0 Å². The number of methoxy groups -OCH3 is 1. The van der Waals surface area contributed by atoms with Gasteiger partial charge in [-0.1, -0.05) is 57.1 Å². The molecule has 27 atom stereocenters. The summed E-state index contributed by atoms with van der Waals surface area (Å²) in [5.74, 6) is -0.889. The third-order valence-corrected chi connectivity index (χ3v) is 19.5. The summed E-state index contributed by atoms with van der Waals surface area (Å²) in [6.45, 7) is 16.3. The van der Waals surface area contributed by atoms with Crippen LogP contribution in [0.2, 0.25) is 0 Å². The fourth-order valence-corrected chi connectivity index (χ4v) is 15.7. The first-order valence-corrected chi connectivity index (χ1v) is 27.4. The lowest BCUT2D eigenvalue weighted by atomic mass is 9.41. The maximum Gasteiger partial charge on any atom is 0.314 e. The molecule has 0 aromatic heterocycles. The highest BCUT2D eigenvalue weighted by molar-refractivity contribution is 5.84. The molecule has 0 bridgehead atoms. The van der Waals surface area contributed by atoms with Gasteiger partial charge in [0.05, 0.1) is 43.4 Å². The summed E-state index contributed by atoms with van der Waals surface area (Å²) >= 11 is 0. The Morgan fingerprint density at radius 3 is 2.06 bits per heavy atom. The normalized spacial score (nSPS) is 51.4. The molecule has 0 radical (unpaired) electrons. The van der Waals surface area contributed by atoms with Crippen molar-refractivity contribution in [3.8, 4) is 0 Å². The number of hydrogen-bond acceptors (Lipinski definition) is 22. The van der Waals surface area contributed by atoms with Crippen LogP contribution in [0.4, 0.5) is 0 Å². The van der Waals surface area contributed by atoms with E-state index in [-0.39, 0.29) is 36.4 Å². The van der Waals surface area contributed by atoms with Crippen molar-refractivity contribution in [1.82, 2.24) is 0 Å². The first-order chi connectivity index (χ1) is 36.2. The van der Waals surface area contributed by atoms with Gasteiger partial charge >= 0.3 is 11.9 Å². The van der Waals surface area contributed by atoms with Gasteiger partial charge in [-0.05, 0) is 95.0 Å². The average molecular weight is 1100 g/mol. The van der Waals surface area contributed by atoms with E-state index in [0.717, 1.165) is 18.4 Å². The van der Waals surface area contributed by atoms with Gasteiger partial charge in [-0.25, -0.2) is 0 Å². The summed E-state index contributed by atoms with van der Waals surface area (Å²) in [6, 6.07) is 0. The molecule has 5 heterocycles. The molecular weight excluding hydrogens is 1010 g/mol. The van der Waals surface area contributed by atoms with Crippen LogP contribution in [-0.2, 0) is 61.7 Å². The Labute approximate surface area is 449 Å². The molecular formula is C55H84O22. The lowest BCUT2D eigenvalue weighted by Crippen LogP contribution is -2.66. The van der Waals surface area contributed by atoms with Crippen LogP contribution in [-0.4, -0.2) is 213 Å². The molecule has 0 aromatic carbocycles. The number of carbonyl (C=O) groups excluding carboxylic acids is 2. The third kappa shape index (κ3) is 9.91. The van der Waals surface area contributed by atoms with Gasteiger partial charge in [0, 0.05) is 19.4 Å². The summed E-state index contributed by atoms with van der Waals surface area (Å²) in [4.78, 5) is 27.3. The van der Waals surface area contributed by atoms with Crippen molar-refractivity contribution in [1.29, 1.82) is 0 Å². The molecule has 436 valence electrons. The zero-order chi connectivity index (χ0) is 56.1. The van der Waals surface area contributed by atoms with Crippen LogP contribution in [0.5, 0.6) is 0 Å². The molecule has 3 saturated carbocycles. The SMILES string of the molecule is CO[C@@H]1[C@@H](O)[C@H](O[C@@H]2[C@@H](O)[C@H](O[C@H]3[C@H](O)[C@@H](O)[C@H](O[C@H]4[C@H](O[C@H]5CC[C@]6(C)[C@@H]7CC[C@]89C(=O)O[C@@](C)(/C=C\C=C(C)C)[C@H]8[C@@H](OC(C)=O)C[C@@]9(C)C7=CC[C@H]6C5(C)C)OC[C@@H](O)[C@@H]4O)O[C@@H]3C)O[C@H](CO)[C@H]2O)OC[C@H]1O. The second kappa shape index (κ2) is 22.0. The van der Waals surface area contributed by atoms with Crippen LogP contribution in [0, 0.1) is 39.4 Å². The fourth-order valence-electron chi connectivity index (χ4n) is 15.7. The second-order valence-corrected chi connectivity index (χ2v) is 24.8. The van der Waals surface area contributed by atoms with Crippen molar-refractivity contribution in [2.45, 2.75) is 229 Å². The predicted octanol–water partition coefficient (Wildman–Crippen LogP) is 0.569. The molecule has 77 heavy (non-hydrogen) atoms. The summed E-state index contributed by atoms with van der Waals surface area (Å²) in [7, 11) is 1.27. The number of allylic oxidation sites excluding steroid dienone is 5. The van der Waals surface area contributed by atoms with E-state index in [1.165, 1.54) is 26.5 Å². The molecule has 4 aliphatic carbocycles. The zero-order valence-electron chi connectivity index (χ0n) is 45.8. The Bertz CT molecular complexity index is 2240. The van der Waals surface area contributed by atoms with Gasteiger partial charge in [0.1, 0.15) is 91.1 Å². The molecule has 0 amide bonds. The van der Waals surface area contributed by atoms with Crippen LogP contribution in [0.3, 0.4) is 0 Å². The molecule has 9 N–H and O–H groups in total.